The number of aromatic amines is 1. The Balaban J connectivity index is 1.77. The van der Waals surface area contributed by atoms with Gasteiger partial charge in [-0.2, -0.15) is 0 Å². The number of aryl methyl sites for hydroxylation is 1. The summed E-state index contributed by atoms with van der Waals surface area (Å²) in [6.07, 6.45) is 0.239. The highest BCUT2D eigenvalue weighted by atomic mass is 16.2. The molecule has 2 unspecified atom stereocenters. The number of hydrogen-bond acceptors (Lipinski definition) is 4. The Labute approximate surface area is 145 Å². The number of nitrogens with one attached hydrogen (secondary N) is 1. The largest absolute Gasteiger partial charge is 0.341 e. The van der Waals surface area contributed by atoms with Crippen LogP contribution in [-0.4, -0.2) is 58.5 Å². The zero-order valence-electron chi connectivity index (χ0n) is 14.9. The molecule has 1 fully saturated rings. The molecule has 3 rings (SSSR count). The van der Waals surface area contributed by atoms with E-state index >= 15 is 0 Å². The lowest BCUT2D eigenvalue weighted by atomic mass is 10.1. The van der Waals surface area contributed by atoms with E-state index in [1.807, 2.05) is 19.0 Å². The molecular formula is C18H24N4O3. The van der Waals surface area contributed by atoms with Crippen molar-refractivity contribution in [3.05, 3.63) is 45.1 Å². The van der Waals surface area contributed by atoms with Gasteiger partial charge in [-0.3, -0.25) is 19.1 Å². The molecule has 0 bridgehead atoms. The smallest absolute Gasteiger partial charge is 0.328 e. The molecule has 7 heteroatoms. The molecule has 0 aliphatic carbocycles. The Morgan fingerprint density at radius 2 is 1.96 bits per heavy atom. The fourth-order valence-corrected chi connectivity index (χ4v) is 3.66. The first kappa shape index (κ1) is 17.4. The van der Waals surface area contributed by atoms with E-state index in [0.717, 1.165) is 6.54 Å². The van der Waals surface area contributed by atoms with E-state index in [-0.39, 0.29) is 18.9 Å². The minimum atomic E-state index is -0.475. The summed E-state index contributed by atoms with van der Waals surface area (Å²) in [6.45, 7) is 3.86. The van der Waals surface area contributed by atoms with Gasteiger partial charge in [-0.1, -0.05) is 19.1 Å². The van der Waals surface area contributed by atoms with Gasteiger partial charge in [0.1, 0.15) is 0 Å². The van der Waals surface area contributed by atoms with Gasteiger partial charge in [0.05, 0.1) is 10.9 Å². The van der Waals surface area contributed by atoms with E-state index in [1.54, 1.807) is 24.3 Å². The SMILES string of the molecule is CC1CN(C(=O)CCn2c(=O)[nH]c(=O)c3ccccc32)CC1N(C)C. The van der Waals surface area contributed by atoms with E-state index in [1.165, 1.54) is 4.57 Å². The molecule has 1 aromatic heterocycles. The predicted octanol–water partition coefficient (Wildman–Crippen LogP) is 0.488. The zero-order chi connectivity index (χ0) is 18.1. The normalized spacial score (nSPS) is 20.6. The molecule has 2 heterocycles. The molecule has 1 amide bonds. The van der Waals surface area contributed by atoms with Gasteiger partial charge in [-0.25, -0.2) is 4.79 Å². The third kappa shape index (κ3) is 3.37. The van der Waals surface area contributed by atoms with Gasteiger partial charge in [0.2, 0.25) is 5.91 Å². The Morgan fingerprint density at radius 1 is 1.24 bits per heavy atom. The molecule has 25 heavy (non-hydrogen) atoms. The number of likely N-dealkylation sites (tertiary alicyclic amines) is 1. The maximum Gasteiger partial charge on any atom is 0.328 e. The second-order valence-corrected chi connectivity index (χ2v) is 6.99. The topological polar surface area (TPSA) is 78.4 Å². The van der Waals surface area contributed by atoms with Gasteiger partial charge >= 0.3 is 5.69 Å². The van der Waals surface area contributed by atoms with E-state index in [0.29, 0.717) is 29.4 Å². The highest BCUT2D eigenvalue weighted by molar-refractivity contribution is 5.79. The predicted molar refractivity (Wildman–Crippen MR) is 96.7 cm³/mol. The van der Waals surface area contributed by atoms with Crippen molar-refractivity contribution >= 4 is 16.8 Å². The summed E-state index contributed by atoms with van der Waals surface area (Å²) < 4.78 is 1.47. The number of hydrogen-bond donors (Lipinski definition) is 1. The molecule has 0 saturated carbocycles. The summed E-state index contributed by atoms with van der Waals surface area (Å²) >= 11 is 0. The summed E-state index contributed by atoms with van der Waals surface area (Å²) in [4.78, 5) is 43.0. The van der Waals surface area contributed by atoms with Crippen LogP contribution in [-0.2, 0) is 11.3 Å². The quantitative estimate of drug-likeness (QED) is 0.875. The lowest BCUT2D eigenvalue weighted by Crippen LogP contribution is -2.36. The number of aromatic nitrogens is 2. The van der Waals surface area contributed by atoms with E-state index < -0.39 is 11.2 Å². The number of para-hydroxylation sites is 1. The van der Waals surface area contributed by atoms with Gasteiger partial charge < -0.3 is 9.80 Å². The van der Waals surface area contributed by atoms with Crippen molar-refractivity contribution in [3.8, 4) is 0 Å². The minimum Gasteiger partial charge on any atom is -0.341 e. The zero-order valence-corrected chi connectivity index (χ0v) is 14.9. The average Bonchev–Trinajstić information content (AvgIpc) is 2.96. The first-order valence-electron chi connectivity index (χ1n) is 8.54. The van der Waals surface area contributed by atoms with Crippen LogP contribution in [0.4, 0.5) is 0 Å². The molecule has 1 aliphatic rings. The second-order valence-electron chi connectivity index (χ2n) is 6.99. The molecule has 0 spiro atoms. The number of carbonyl (C=O) groups is 1. The van der Waals surface area contributed by atoms with Crippen LogP contribution in [0.25, 0.3) is 10.9 Å². The third-order valence-electron chi connectivity index (χ3n) is 5.04. The summed E-state index contributed by atoms with van der Waals surface area (Å²) in [5.74, 6) is 0.467. The number of amides is 1. The van der Waals surface area contributed by atoms with Gasteiger partial charge in [-0.15, -0.1) is 0 Å². The van der Waals surface area contributed by atoms with Crippen molar-refractivity contribution < 1.29 is 4.79 Å². The first-order valence-corrected chi connectivity index (χ1v) is 8.54. The summed E-state index contributed by atoms with van der Waals surface area (Å²) in [5.41, 5.74) is -0.312. The molecule has 1 aromatic carbocycles. The van der Waals surface area contributed by atoms with Crippen LogP contribution in [0.2, 0.25) is 0 Å². The van der Waals surface area contributed by atoms with Crippen LogP contribution < -0.4 is 11.2 Å². The van der Waals surface area contributed by atoms with Crippen molar-refractivity contribution in [2.75, 3.05) is 27.2 Å². The average molecular weight is 344 g/mol. The molecule has 1 saturated heterocycles. The highest BCUT2D eigenvalue weighted by Crippen LogP contribution is 2.20. The fraction of sp³-hybridized carbons (Fsp3) is 0.500. The van der Waals surface area contributed by atoms with Crippen LogP contribution in [0.1, 0.15) is 13.3 Å². The summed E-state index contributed by atoms with van der Waals surface area (Å²) in [7, 11) is 4.06. The van der Waals surface area contributed by atoms with Crippen LogP contribution >= 0.6 is 0 Å². The van der Waals surface area contributed by atoms with Crippen molar-refractivity contribution in [3.63, 3.8) is 0 Å². The first-order chi connectivity index (χ1) is 11.9. The maximum absolute atomic E-state index is 12.6. The van der Waals surface area contributed by atoms with Crippen LogP contribution in [0.15, 0.2) is 33.9 Å². The van der Waals surface area contributed by atoms with Gasteiger partial charge in [0.25, 0.3) is 5.56 Å². The second kappa shape index (κ2) is 6.84. The van der Waals surface area contributed by atoms with Gasteiger partial charge in [0.15, 0.2) is 0 Å². The summed E-state index contributed by atoms with van der Waals surface area (Å²) in [6, 6.07) is 7.31. The number of benzene rings is 1. The minimum absolute atomic E-state index is 0.0402. The van der Waals surface area contributed by atoms with E-state index in [2.05, 4.69) is 16.8 Å². The van der Waals surface area contributed by atoms with Crippen molar-refractivity contribution in [1.29, 1.82) is 0 Å². The lowest BCUT2D eigenvalue weighted by Gasteiger charge is -2.22. The highest BCUT2D eigenvalue weighted by Gasteiger charge is 2.33. The monoisotopic (exact) mass is 344 g/mol. The number of fused-ring (bicyclic) bond motifs is 1. The molecule has 0 radical (unpaired) electrons. The third-order valence-corrected chi connectivity index (χ3v) is 5.04. The molecule has 1 aliphatic heterocycles. The van der Waals surface area contributed by atoms with E-state index in [9.17, 15) is 14.4 Å². The number of rotatable bonds is 4. The van der Waals surface area contributed by atoms with Gasteiger partial charge in [-0.05, 0) is 32.1 Å². The fourth-order valence-electron chi connectivity index (χ4n) is 3.66. The maximum atomic E-state index is 12.6. The standard InChI is InChI=1S/C18H24N4O3/c1-12-10-21(11-15(12)20(2)3)16(23)8-9-22-14-7-5-4-6-13(14)17(24)19-18(22)25/h4-7,12,15H,8-11H2,1-3H3,(H,19,24,25). The Hall–Kier alpha value is -2.41. The molecule has 1 N–H and O–H groups in total. The molecular weight excluding hydrogens is 320 g/mol. The number of carbonyl (C=O) groups excluding carboxylic acids is 1. The van der Waals surface area contributed by atoms with Crippen molar-refractivity contribution in [2.45, 2.75) is 25.9 Å². The lowest BCUT2D eigenvalue weighted by molar-refractivity contribution is -0.130. The Bertz CT molecular complexity index is 899. The Morgan fingerprint density at radius 3 is 2.64 bits per heavy atom. The van der Waals surface area contributed by atoms with E-state index in [4.69, 9.17) is 0 Å². The Kier molecular flexibility index (Phi) is 4.76. The number of H-pyrrole nitrogens is 1. The molecule has 134 valence electrons. The van der Waals surface area contributed by atoms with Crippen molar-refractivity contribution in [2.24, 2.45) is 5.92 Å². The van der Waals surface area contributed by atoms with Crippen LogP contribution in [0.3, 0.4) is 0 Å². The summed E-state index contributed by atoms with van der Waals surface area (Å²) in [5, 5.41) is 0.456. The number of nitrogens with zero attached hydrogens (tertiary/aromatic N) is 3. The molecule has 7 nitrogen and oxygen atoms in total. The van der Waals surface area contributed by atoms with Crippen LogP contribution in [0.5, 0.6) is 0 Å². The molecule has 2 atom stereocenters. The van der Waals surface area contributed by atoms with Gasteiger partial charge in [0, 0.05) is 32.1 Å². The van der Waals surface area contributed by atoms with Crippen molar-refractivity contribution in [1.82, 2.24) is 19.4 Å². The van der Waals surface area contributed by atoms with Crippen LogP contribution in [0, 0.1) is 5.92 Å². The number of likely N-dealkylation sites (N-methyl/N-ethyl adjacent to an activating group) is 1. The molecule has 2 aromatic rings.